The fourth-order valence-corrected chi connectivity index (χ4v) is 4.22. The van der Waals surface area contributed by atoms with Gasteiger partial charge in [0.05, 0.1) is 5.56 Å². The summed E-state index contributed by atoms with van der Waals surface area (Å²) < 4.78 is 39.5. The highest BCUT2D eigenvalue weighted by atomic mass is 19.4. The van der Waals surface area contributed by atoms with Crippen molar-refractivity contribution >= 4 is 17.1 Å². The number of alkyl halides is 3. The minimum Gasteiger partial charge on any atom is -0.369 e. The van der Waals surface area contributed by atoms with Crippen LogP contribution in [0.1, 0.15) is 38.3 Å². The Kier molecular flexibility index (Phi) is 4.17. The van der Waals surface area contributed by atoms with Gasteiger partial charge in [-0.15, -0.1) is 0 Å². The molecular formula is C22H25F3N2. The van der Waals surface area contributed by atoms with E-state index in [1.807, 2.05) is 6.07 Å². The van der Waals surface area contributed by atoms with E-state index in [2.05, 4.69) is 48.8 Å². The Morgan fingerprint density at radius 2 is 1.78 bits per heavy atom. The van der Waals surface area contributed by atoms with Crippen LogP contribution in [0.15, 0.2) is 42.5 Å². The van der Waals surface area contributed by atoms with Crippen molar-refractivity contribution in [1.82, 2.24) is 0 Å². The Labute approximate surface area is 158 Å². The number of anilines is 3. The lowest BCUT2D eigenvalue weighted by Crippen LogP contribution is -2.45. The van der Waals surface area contributed by atoms with Crippen LogP contribution in [0.4, 0.5) is 30.2 Å². The van der Waals surface area contributed by atoms with E-state index in [4.69, 9.17) is 0 Å². The van der Waals surface area contributed by atoms with Crippen LogP contribution < -0.4 is 9.80 Å². The van der Waals surface area contributed by atoms with Crippen LogP contribution in [0.3, 0.4) is 0 Å². The maximum absolute atomic E-state index is 13.2. The molecular weight excluding hydrogens is 349 g/mol. The third-order valence-corrected chi connectivity index (χ3v) is 5.75. The summed E-state index contributed by atoms with van der Waals surface area (Å²) in [5.74, 6) is 0. The van der Waals surface area contributed by atoms with Gasteiger partial charge in [0.25, 0.3) is 0 Å². The zero-order valence-electron chi connectivity index (χ0n) is 16.0. The molecule has 2 aromatic rings. The highest BCUT2D eigenvalue weighted by molar-refractivity contribution is 5.72. The smallest absolute Gasteiger partial charge is 0.369 e. The van der Waals surface area contributed by atoms with Gasteiger partial charge in [0.2, 0.25) is 0 Å². The molecule has 5 heteroatoms. The number of benzene rings is 2. The van der Waals surface area contributed by atoms with E-state index < -0.39 is 11.7 Å². The van der Waals surface area contributed by atoms with Crippen molar-refractivity contribution in [2.45, 2.75) is 45.8 Å². The quantitative estimate of drug-likeness (QED) is 0.634. The van der Waals surface area contributed by atoms with Crippen molar-refractivity contribution in [2.75, 3.05) is 22.9 Å². The standard InChI is InChI=1S/C22H25F3N2/c1-15-9-10-26(15)18-5-4-6-19(12-18)27-14-21(2,3)13-16-11-17(22(23,24)25)7-8-20(16)27/h4-8,11-12,15H,9-10,13-14H2,1-3H3. The second kappa shape index (κ2) is 6.18. The van der Waals surface area contributed by atoms with E-state index in [1.54, 1.807) is 6.07 Å². The molecule has 2 nitrogen and oxygen atoms in total. The molecule has 2 aliphatic heterocycles. The summed E-state index contributed by atoms with van der Waals surface area (Å²) >= 11 is 0. The van der Waals surface area contributed by atoms with Crippen LogP contribution in [0, 0.1) is 5.41 Å². The molecule has 0 spiro atoms. The third kappa shape index (κ3) is 3.40. The van der Waals surface area contributed by atoms with Gasteiger partial charge in [0.1, 0.15) is 0 Å². The second-order valence-corrected chi connectivity index (χ2v) is 8.62. The van der Waals surface area contributed by atoms with Crippen molar-refractivity contribution in [3.05, 3.63) is 53.6 Å². The summed E-state index contributed by atoms with van der Waals surface area (Å²) in [4.78, 5) is 4.54. The molecule has 4 rings (SSSR count). The summed E-state index contributed by atoms with van der Waals surface area (Å²) in [6.45, 7) is 8.29. The van der Waals surface area contributed by atoms with Gasteiger partial charge in [-0.05, 0) is 67.1 Å². The van der Waals surface area contributed by atoms with Crippen LogP contribution >= 0.6 is 0 Å². The number of nitrogens with zero attached hydrogens (tertiary/aromatic N) is 2. The topological polar surface area (TPSA) is 6.48 Å². The molecule has 0 aromatic heterocycles. The molecule has 144 valence electrons. The Bertz CT molecular complexity index is 857. The molecule has 0 amide bonds. The molecule has 1 fully saturated rings. The molecule has 0 N–H and O–H groups in total. The number of hydrogen-bond donors (Lipinski definition) is 0. The van der Waals surface area contributed by atoms with Gasteiger partial charge in [-0.2, -0.15) is 13.2 Å². The van der Waals surface area contributed by atoms with E-state index in [0.717, 1.165) is 30.0 Å². The van der Waals surface area contributed by atoms with Crippen molar-refractivity contribution in [2.24, 2.45) is 5.41 Å². The zero-order chi connectivity index (χ0) is 19.4. The highest BCUT2D eigenvalue weighted by Crippen LogP contribution is 2.43. The van der Waals surface area contributed by atoms with Gasteiger partial charge in [-0.1, -0.05) is 19.9 Å². The minimum absolute atomic E-state index is 0.0999. The normalized spacial score (nSPS) is 21.6. The average molecular weight is 374 g/mol. The van der Waals surface area contributed by atoms with Gasteiger partial charge in [0.15, 0.2) is 0 Å². The maximum Gasteiger partial charge on any atom is 0.416 e. The van der Waals surface area contributed by atoms with Crippen LogP contribution in [0.25, 0.3) is 0 Å². The molecule has 2 aromatic carbocycles. The number of hydrogen-bond acceptors (Lipinski definition) is 2. The molecule has 0 radical (unpaired) electrons. The Morgan fingerprint density at radius 1 is 1.04 bits per heavy atom. The molecule has 2 aliphatic rings. The van der Waals surface area contributed by atoms with E-state index >= 15 is 0 Å². The number of rotatable bonds is 2. The van der Waals surface area contributed by atoms with Crippen molar-refractivity contribution in [1.29, 1.82) is 0 Å². The van der Waals surface area contributed by atoms with Crippen molar-refractivity contribution in [3.63, 3.8) is 0 Å². The first kappa shape index (κ1) is 18.2. The summed E-state index contributed by atoms with van der Waals surface area (Å²) in [6.07, 6.45) is -2.47. The lowest BCUT2D eigenvalue weighted by Gasteiger charge is -2.43. The molecule has 1 atom stereocenters. The molecule has 0 saturated carbocycles. The largest absolute Gasteiger partial charge is 0.416 e. The lowest BCUT2D eigenvalue weighted by atomic mass is 9.80. The minimum atomic E-state index is -4.31. The van der Waals surface area contributed by atoms with E-state index in [1.165, 1.54) is 24.2 Å². The monoisotopic (exact) mass is 374 g/mol. The molecule has 0 aliphatic carbocycles. The summed E-state index contributed by atoms with van der Waals surface area (Å²) in [5, 5.41) is 0. The molecule has 2 heterocycles. The molecule has 1 unspecified atom stereocenters. The van der Waals surface area contributed by atoms with Gasteiger partial charge >= 0.3 is 6.18 Å². The summed E-state index contributed by atoms with van der Waals surface area (Å²) in [7, 11) is 0. The van der Waals surface area contributed by atoms with Crippen molar-refractivity contribution in [3.8, 4) is 0 Å². The van der Waals surface area contributed by atoms with Gasteiger partial charge in [-0.3, -0.25) is 0 Å². The molecule has 0 bridgehead atoms. The highest BCUT2D eigenvalue weighted by Gasteiger charge is 2.36. The van der Waals surface area contributed by atoms with Crippen LogP contribution in [0.2, 0.25) is 0 Å². The maximum atomic E-state index is 13.2. The predicted molar refractivity (Wildman–Crippen MR) is 104 cm³/mol. The predicted octanol–water partition coefficient (Wildman–Crippen LogP) is 6.02. The fourth-order valence-electron chi connectivity index (χ4n) is 4.22. The first-order valence-electron chi connectivity index (χ1n) is 9.48. The zero-order valence-corrected chi connectivity index (χ0v) is 16.0. The van der Waals surface area contributed by atoms with E-state index in [-0.39, 0.29) is 5.41 Å². The van der Waals surface area contributed by atoms with Crippen LogP contribution in [-0.2, 0) is 12.6 Å². The first-order chi connectivity index (χ1) is 12.6. The average Bonchev–Trinajstić information content (AvgIpc) is 2.58. The first-order valence-corrected chi connectivity index (χ1v) is 9.48. The summed E-state index contributed by atoms with van der Waals surface area (Å²) in [6, 6.07) is 13.1. The summed E-state index contributed by atoms with van der Waals surface area (Å²) in [5.41, 5.74) is 3.21. The SMILES string of the molecule is CC1CCN1c1cccc(N2CC(C)(C)Cc3cc(C(F)(F)F)ccc32)c1. The molecule has 1 saturated heterocycles. The van der Waals surface area contributed by atoms with Crippen molar-refractivity contribution < 1.29 is 13.2 Å². The third-order valence-electron chi connectivity index (χ3n) is 5.75. The molecule has 27 heavy (non-hydrogen) atoms. The van der Waals surface area contributed by atoms with Gasteiger partial charge in [0, 0.05) is 36.2 Å². The van der Waals surface area contributed by atoms with E-state index in [0.29, 0.717) is 12.5 Å². The van der Waals surface area contributed by atoms with Crippen LogP contribution in [0.5, 0.6) is 0 Å². The second-order valence-electron chi connectivity index (χ2n) is 8.62. The van der Waals surface area contributed by atoms with Gasteiger partial charge in [-0.25, -0.2) is 0 Å². The lowest BCUT2D eigenvalue weighted by molar-refractivity contribution is -0.137. The van der Waals surface area contributed by atoms with E-state index in [9.17, 15) is 13.2 Å². The Hall–Kier alpha value is -2.17. The van der Waals surface area contributed by atoms with Gasteiger partial charge < -0.3 is 9.80 Å². The Morgan fingerprint density at radius 3 is 2.41 bits per heavy atom. The number of halogens is 3. The Balaban J connectivity index is 1.75. The fraction of sp³-hybridized carbons (Fsp3) is 0.455. The van der Waals surface area contributed by atoms with Crippen LogP contribution in [-0.4, -0.2) is 19.1 Å². The number of fused-ring (bicyclic) bond motifs is 1.